The highest BCUT2D eigenvalue weighted by molar-refractivity contribution is 5.81. The van der Waals surface area contributed by atoms with Gasteiger partial charge in [0, 0.05) is 18.4 Å². The van der Waals surface area contributed by atoms with Gasteiger partial charge in [-0.3, -0.25) is 9.59 Å². The van der Waals surface area contributed by atoms with Gasteiger partial charge in [-0.05, 0) is 27.2 Å². The molecule has 4 nitrogen and oxygen atoms in total. The topological polar surface area (TPSA) is 55.4 Å². The zero-order chi connectivity index (χ0) is 13.4. The summed E-state index contributed by atoms with van der Waals surface area (Å²) in [6, 6.07) is 0. The van der Waals surface area contributed by atoms with Crippen LogP contribution in [0.1, 0.15) is 41.0 Å². The first kappa shape index (κ1) is 16.1. The van der Waals surface area contributed by atoms with Crippen LogP contribution in [0.5, 0.6) is 0 Å². The van der Waals surface area contributed by atoms with E-state index in [1.165, 1.54) is 0 Å². The average molecular weight is 243 g/mol. The lowest BCUT2D eigenvalue weighted by Crippen LogP contribution is -2.33. The van der Waals surface area contributed by atoms with E-state index < -0.39 is 0 Å². The van der Waals surface area contributed by atoms with Crippen LogP contribution >= 0.6 is 0 Å². The Morgan fingerprint density at radius 2 is 1.71 bits per heavy atom. The number of Topliss-reactive ketones (excluding diaryl/α,β-unsaturated/α-hetero) is 1. The largest absolute Gasteiger partial charge is 0.377 e. The molecule has 0 aromatic carbocycles. The van der Waals surface area contributed by atoms with Gasteiger partial charge in [-0.2, -0.15) is 0 Å². The Morgan fingerprint density at radius 3 is 2.18 bits per heavy atom. The highest BCUT2D eigenvalue weighted by Gasteiger charge is 2.18. The van der Waals surface area contributed by atoms with Crippen LogP contribution in [-0.4, -0.2) is 30.9 Å². The lowest BCUT2D eigenvalue weighted by Gasteiger charge is -2.15. The van der Waals surface area contributed by atoms with Crippen LogP contribution in [0.25, 0.3) is 0 Å². The molecule has 0 aromatic heterocycles. The predicted molar refractivity (Wildman–Crippen MR) is 67.7 cm³/mol. The normalized spacial score (nSPS) is 14.5. The molecule has 2 atom stereocenters. The van der Waals surface area contributed by atoms with E-state index in [1.54, 1.807) is 6.92 Å². The molecule has 17 heavy (non-hydrogen) atoms. The molecule has 1 amide bonds. The summed E-state index contributed by atoms with van der Waals surface area (Å²) in [5.41, 5.74) is 0. The Hall–Kier alpha value is -0.900. The molecule has 100 valence electrons. The molecule has 0 saturated carbocycles. The maximum Gasteiger partial charge on any atom is 0.222 e. The van der Waals surface area contributed by atoms with E-state index >= 15 is 0 Å². The van der Waals surface area contributed by atoms with Crippen molar-refractivity contribution in [1.29, 1.82) is 0 Å². The first-order valence-electron chi connectivity index (χ1n) is 6.24. The van der Waals surface area contributed by atoms with Crippen molar-refractivity contribution >= 4 is 11.7 Å². The number of hydrogen-bond acceptors (Lipinski definition) is 3. The Kier molecular flexibility index (Phi) is 7.79. The van der Waals surface area contributed by atoms with Crippen molar-refractivity contribution in [1.82, 2.24) is 5.32 Å². The minimum absolute atomic E-state index is 0.00884. The van der Waals surface area contributed by atoms with Crippen LogP contribution in [0.4, 0.5) is 0 Å². The molecule has 0 spiro atoms. The number of carbonyl (C=O) groups is 2. The second-order valence-corrected chi connectivity index (χ2v) is 4.86. The molecule has 0 heterocycles. The number of ether oxygens (including phenoxy) is 1. The standard InChI is InChI=1S/C13H25NO3/c1-9(2)17-7-6-14-13(16)11(4)8-10(3)12(5)15/h9-11H,6-8H2,1-5H3,(H,14,16). The lowest BCUT2D eigenvalue weighted by atomic mass is 9.94. The molecule has 0 fully saturated rings. The van der Waals surface area contributed by atoms with Crippen molar-refractivity contribution in [2.75, 3.05) is 13.2 Å². The fourth-order valence-electron chi connectivity index (χ4n) is 1.45. The van der Waals surface area contributed by atoms with Gasteiger partial charge in [0.15, 0.2) is 0 Å². The average Bonchev–Trinajstić information content (AvgIpc) is 2.23. The third kappa shape index (κ3) is 7.91. The van der Waals surface area contributed by atoms with Gasteiger partial charge < -0.3 is 10.1 Å². The minimum atomic E-state index is -0.132. The summed E-state index contributed by atoms with van der Waals surface area (Å²) in [6.07, 6.45) is 0.786. The summed E-state index contributed by atoms with van der Waals surface area (Å²) >= 11 is 0. The molecular weight excluding hydrogens is 218 g/mol. The van der Waals surface area contributed by atoms with Crippen LogP contribution in [0.3, 0.4) is 0 Å². The molecule has 0 saturated heterocycles. The van der Waals surface area contributed by atoms with Crippen molar-refractivity contribution in [3.05, 3.63) is 0 Å². The molecule has 0 aliphatic carbocycles. The number of amides is 1. The van der Waals surface area contributed by atoms with E-state index in [4.69, 9.17) is 4.74 Å². The summed E-state index contributed by atoms with van der Waals surface area (Å²) in [4.78, 5) is 22.8. The van der Waals surface area contributed by atoms with Gasteiger partial charge in [0.1, 0.15) is 5.78 Å². The maximum absolute atomic E-state index is 11.7. The quantitative estimate of drug-likeness (QED) is 0.661. The van der Waals surface area contributed by atoms with Gasteiger partial charge in [-0.25, -0.2) is 0 Å². The van der Waals surface area contributed by atoms with Crippen molar-refractivity contribution < 1.29 is 14.3 Å². The van der Waals surface area contributed by atoms with Crippen molar-refractivity contribution in [2.45, 2.75) is 47.1 Å². The fourth-order valence-corrected chi connectivity index (χ4v) is 1.45. The molecule has 0 rings (SSSR count). The van der Waals surface area contributed by atoms with Gasteiger partial charge in [0.05, 0.1) is 12.7 Å². The molecule has 4 heteroatoms. The summed E-state index contributed by atoms with van der Waals surface area (Å²) in [5.74, 6) is -0.0612. The zero-order valence-corrected chi connectivity index (χ0v) is 11.6. The van der Waals surface area contributed by atoms with Crippen LogP contribution in [0, 0.1) is 11.8 Å². The molecule has 0 radical (unpaired) electrons. The highest BCUT2D eigenvalue weighted by atomic mass is 16.5. The predicted octanol–water partition coefficient (Wildman–Crippen LogP) is 1.78. The number of rotatable bonds is 8. The number of hydrogen-bond donors (Lipinski definition) is 1. The second-order valence-electron chi connectivity index (χ2n) is 4.86. The molecule has 1 N–H and O–H groups in total. The third-order valence-electron chi connectivity index (χ3n) is 2.70. The fraction of sp³-hybridized carbons (Fsp3) is 0.846. The van der Waals surface area contributed by atoms with E-state index in [1.807, 2.05) is 27.7 Å². The first-order chi connectivity index (χ1) is 7.84. The van der Waals surface area contributed by atoms with E-state index in [2.05, 4.69) is 5.32 Å². The van der Waals surface area contributed by atoms with Gasteiger partial charge in [0.2, 0.25) is 5.91 Å². The number of carbonyl (C=O) groups excluding carboxylic acids is 2. The van der Waals surface area contributed by atoms with Gasteiger partial charge in [-0.1, -0.05) is 13.8 Å². The van der Waals surface area contributed by atoms with E-state index in [0.717, 1.165) is 0 Å². The third-order valence-corrected chi connectivity index (χ3v) is 2.70. The van der Waals surface area contributed by atoms with Crippen LogP contribution in [0.2, 0.25) is 0 Å². The smallest absolute Gasteiger partial charge is 0.222 e. The molecule has 0 bridgehead atoms. The van der Waals surface area contributed by atoms with Crippen molar-refractivity contribution in [3.8, 4) is 0 Å². The van der Waals surface area contributed by atoms with E-state index in [-0.39, 0.29) is 29.6 Å². The minimum Gasteiger partial charge on any atom is -0.377 e. The summed E-state index contributed by atoms with van der Waals surface area (Å²) in [6.45, 7) is 10.2. The van der Waals surface area contributed by atoms with Gasteiger partial charge in [0.25, 0.3) is 0 Å². The van der Waals surface area contributed by atoms with Gasteiger partial charge >= 0.3 is 0 Å². The Morgan fingerprint density at radius 1 is 1.12 bits per heavy atom. The second kappa shape index (κ2) is 8.23. The number of ketones is 1. The summed E-state index contributed by atoms with van der Waals surface area (Å²) in [5, 5.41) is 2.81. The SMILES string of the molecule is CC(=O)C(C)CC(C)C(=O)NCCOC(C)C. The molecule has 0 aliphatic heterocycles. The van der Waals surface area contributed by atoms with Crippen LogP contribution < -0.4 is 5.32 Å². The van der Waals surface area contributed by atoms with Crippen molar-refractivity contribution in [2.24, 2.45) is 11.8 Å². The maximum atomic E-state index is 11.7. The molecule has 0 aliphatic rings. The lowest BCUT2D eigenvalue weighted by molar-refractivity contribution is -0.126. The monoisotopic (exact) mass is 243 g/mol. The van der Waals surface area contributed by atoms with Gasteiger partial charge in [-0.15, -0.1) is 0 Å². The summed E-state index contributed by atoms with van der Waals surface area (Å²) < 4.78 is 5.32. The number of nitrogens with one attached hydrogen (secondary N) is 1. The Labute approximate surface area is 104 Å². The van der Waals surface area contributed by atoms with Crippen LogP contribution in [-0.2, 0) is 14.3 Å². The zero-order valence-electron chi connectivity index (χ0n) is 11.6. The molecule has 0 aromatic rings. The Bertz CT molecular complexity index is 251. The van der Waals surface area contributed by atoms with Crippen molar-refractivity contribution in [3.63, 3.8) is 0 Å². The van der Waals surface area contributed by atoms with E-state index in [0.29, 0.717) is 19.6 Å². The molecular formula is C13H25NO3. The summed E-state index contributed by atoms with van der Waals surface area (Å²) in [7, 11) is 0. The van der Waals surface area contributed by atoms with Crippen LogP contribution in [0.15, 0.2) is 0 Å². The van der Waals surface area contributed by atoms with E-state index in [9.17, 15) is 9.59 Å². The first-order valence-corrected chi connectivity index (χ1v) is 6.24. The highest BCUT2D eigenvalue weighted by Crippen LogP contribution is 2.12. The Balaban J connectivity index is 3.78. The molecule has 2 unspecified atom stereocenters.